The van der Waals surface area contributed by atoms with Crippen LogP contribution in [-0.2, 0) is 4.79 Å². The van der Waals surface area contributed by atoms with Gasteiger partial charge in [-0.25, -0.2) is 4.98 Å². The predicted octanol–water partition coefficient (Wildman–Crippen LogP) is 4.13. The molecule has 0 atom stereocenters. The predicted molar refractivity (Wildman–Crippen MR) is 120 cm³/mol. The van der Waals surface area contributed by atoms with Crippen molar-refractivity contribution in [1.29, 1.82) is 0 Å². The Bertz CT molecular complexity index is 1290. The average Bonchev–Trinajstić information content (AvgIpc) is 2.75. The number of aryl methyl sites for hydroxylation is 1. The second-order valence-corrected chi connectivity index (χ2v) is 7.79. The van der Waals surface area contributed by atoms with Gasteiger partial charge in [0.05, 0.1) is 34.2 Å². The summed E-state index contributed by atoms with van der Waals surface area (Å²) in [5.74, 6) is -0.0761. The number of aromatic nitrogens is 3. The molecule has 1 N–H and O–H groups in total. The van der Waals surface area contributed by atoms with Gasteiger partial charge in [0.25, 0.3) is 5.56 Å². The first kappa shape index (κ1) is 19.8. The van der Waals surface area contributed by atoms with Crippen molar-refractivity contribution in [3.05, 3.63) is 88.5 Å². The van der Waals surface area contributed by atoms with E-state index in [1.165, 1.54) is 11.8 Å². The number of para-hydroxylation sites is 1. The molecule has 2 aromatic heterocycles. The molecule has 6 nitrogen and oxygen atoms in total. The summed E-state index contributed by atoms with van der Waals surface area (Å²) in [6, 6.07) is 16.6. The number of thioether (sulfide) groups is 1. The molecule has 0 bridgehead atoms. The summed E-state index contributed by atoms with van der Waals surface area (Å²) in [5.41, 5.74) is 3.94. The number of nitrogens with one attached hydrogen (secondary N) is 1. The van der Waals surface area contributed by atoms with Gasteiger partial charge in [-0.1, -0.05) is 36.0 Å². The Morgan fingerprint density at radius 2 is 1.90 bits per heavy atom. The summed E-state index contributed by atoms with van der Waals surface area (Å²) in [7, 11) is 0. The standard InChI is InChI=1S/C23H20N4O2S/c1-15-7-5-11-20(16(15)2)27-22(29)18-9-3-4-10-19(18)26-23(27)30-14-21(28)25-17-8-6-12-24-13-17/h3-13H,14H2,1-2H3,(H,25,28). The van der Waals surface area contributed by atoms with Crippen molar-refractivity contribution in [3.8, 4) is 5.69 Å². The number of hydrogen-bond donors (Lipinski definition) is 1. The number of carbonyl (C=O) groups excluding carboxylic acids is 1. The Hall–Kier alpha value is -3.45. The third-order valence-electron chi connectivity index (χ3n) is 4.84. The molecule has 2 aromatic carbocycles. The minimum atomic E-state index is -0.192. The number of benzene rings is 2. The summed E-state index contributed by atoms with van der Waals surface area (Å²) in [6.07, 6.45) is 3.23. The topological polar surface area (TPSA) is 76.9 Å². The average molecular weight is 417 g/mol. The highest BCUT2D eigenvalue weighted by Gasteiger charge is 2.16. The summed E-state index contributed by atoms with van der Waals surface area (Å²) in [5, 5.41) is 3.83. The van der Waals surface area contributed by atoms with Crippen molar-refractivity contribution < 1.29 is 4.79 Å². The molecule has 7 heteroatoms. The molecule has 2 heterocycles. The van der Waals surface area contributed by atoms with Crippen LogP contribution in [0.1, 0.15) is 11.1 Å². The number of amides is 1. The zero-order valence-electron chi connectivity index (χ0n) is 16.6. The summed E-state index contributed by atoms with van der Waals surface area (Å²) in [4.78, 5) is 34.5. The molecule has 1 amide bonds. The minimum Gasteiger partial charge on any atom is -0.324 e. The fourth-order valence-corrected chi connectivity index (χ4v) is 3.97. The molecule has 0 radical (unpaired) electrons. The highest BCUT2D eigenvalue weighted by atomic mass is 32.2. The second kappa shape index (κ2) is 8.51. The van der Waals surface area contributed by atoms with Crippen molar-refractivity contribution in [3.63, 3.8) is 0 Å². The van der Waals surface area contributed by atoms with Gasteiger partial charge in [-0.05, 0) is 55.3 Å². The van der Waals surface area contributed by atoms with Gasteiger partial charge in [-0.2, -0.15) is 0 Å². The van der Waals surface area contributed by atoms with E-state index >= 15 is 0 Å². The monoisotopic (exact) mass is 416 g/mol. The highest BCUT2D eigenvalue weighted by Crippen LogP contribution is 2.24. The Kier molecular flexibility index (Phi) is 5.63. The van der Waals surface area contributed by atoms with Crippen molar-refractivity contribution >= 4 is 34.3 Å². The Labute approximate surface area is 178 Å². The molecule has 0 saturated heterocycles. The lowest BCUT2D eigenvalue weighted by Crippen LogP contribution is -2.23. The molecule has 150 valence electrons. The number of hydrogen-bond acceptors (Lipinski definition) is 5. The van der Waals surface area contributed by atoms with Crippen LogP contribution in [0.3, 0.4) is 0 Å². The van der Waals surface area contributed by atoms with Crippen LogP contribution in [-0.4, -0.2) is 26.2 Å². The van der Waals surface area contributed by atoms with Crippen LogP contribution in [0, 0.1) is 13.8 Å². The van der Waals surface area contributed by atoms with Gasteiger partial charge in [0, 0.05) is 6.20 Å². The summed E-state index contributed by atoms with van der Waals surface area (Å²) in [6.45, 7) is 3.99. The molecule has 0 fully saturated rings. The largest absolute Gasteiger partial charge is 0.324 e. The third-order valence-corrected chi connectivity index (χ3v) is 5.78. The first-order valence-corrected chi connectivity index (χ1v) is 10.4. The molecule has 4 aromatic rings. The number of fused-ring (bicyclic) bond motifs is 1. The van der Waals surface area contributed by atoms with Crippen LogP contribution in [0.15, 0.2) is 76.9 Å². The maximum atomic E-state index is 13.3. The lowest BCUT2D eigenvalue weighted by Gasteiger charge is -2.16. The van der Waals surface area contributed by atoms with Crippen LogP contribution in [0.5, 0.6) is 0 Å². The summed E-state index contributed by atoms with van der Waals surface area (Å²) < 4.78 is 1.60. The van der Waals surface area contributed by atoms with Gasteiger partial charge < -0.3 is 5.32 Å². The van der Waals surface area contributed by atoms with Gasteiger partial charge >= 0.3 is 0 Å². The maximum Gasteiger partial charge on any atom is 0.266 e. The van der Waals surface area contributed by atoms with E-state index < -0.39 is 0 Å². The van der Waals surface area contributed by atoms with Gasteiger partial charge in [-0.15, -0.1) is 0 Å². The van der Waals surface area contributed by atoms with E-state index in [-0.39, 0.29) is 17.2 Å². The van der Waals surface area contributed by atoms with E-state index in [0.717, 1.165) is 16.8 Å². The Morgan fingerprint density at radius 3 is 2.70 bits per heavy atom. The fourth-order valence-electron chi connectivity index (χ4n) is 3.16. The molecule has 0 aliphatic heterocycles. The van der Waals surface area contributed by atoms with E-state index in [1.807, 2.05) is 50.2 Å². The molecule has 0 aliphatic rings. The van der Waals surface area contributed by atoms with Crippen molar-refractivity contribution in [2.24, 2.45) is 0 Å². The number of pyridine rings is 1. The maximum absolute atomic E-state index is 13.3. The van der Waals surface area contributed by atoms with Gasteiger partial charge in [0.15, 0.2) is 5.16 Å². The lowest BCUT2D eigenvalue weighted by molar-refractivity contribution is -0.113. The van der Waals surface area contributed by atoms with E-state index in [1.54, 1.807) is 35.2 Å². The fraction of sp³-hybridized carbons (Fsp3) is 0.130. The van der Waals surface area contributed by atoms with Crippen LogP contribution < -0.4 is 10.9 Å². The van der Waals surface area contributed by atoms with Crippen molar-refractivity contribution in [2.75, 3.05) is 11.1 Å². The van der Waals surface area contributed by atoms with E-state index in [2.05, 4.69) is 10.3 Å². The number of nitrogens with zero attached hydrogens (tertiary/aromatic N) is 3. The molecule has 0 unspecified atom stereocenters. The zero-order valence-corrected chi connectivity index (χ0v) is 17.4. The first-order chi connectivity index (χ1) is 14.5. The normalized spacial score (nSPS) is 10.9. The van der Waals surface area contributed by atoms with Gasteiger partial charge in [0.1, 0.15) is 0 Å². The molecule has 30 heavy (non-hydrogen) atoms. The third kappa shape index (κ3) is 3.97. The van der Waals surface area contributed by atoms with E-state index in [4.69, 9.17) is 4.98 Å². The molecular weight excluding hydrogens is 396 g/mol. The van der Waals surface area contributed by atoms with E-state index in [9.17, 15) is 9.59 Å². The smallest absolute Gasteiger partial charge is 0.266 e. The molecule has 4 rings (SSSR count). The highest BCUT2D eigenvalue weighted by molar-refractivity contribution is 7.99. The summed E-state index contributed by atoms with van der Waals surface area (Å²) >= 11 is 1.23. The molecule has 0 saturated carbocycles. The van der Waals surface area contributed by atoms with Crippen LogP contribution in [0.4, 0.5) is 5.69 Å². The molecule has 0 aliphatic carbocycles. The van der Waals surface area contributed by atoms with Crippen LogP contribution in [0.2, 0.25) is 0 Å². The van der Waals surface area contributed by atoms with Crippen molar-refractivity contribution in [2.45, 2.75) is 19.0 Å². The number of carbonyl (C=O) groups is 1. The zero-order chi connectivity index (χ0) is 21.1. The Morgan fingerprint density at radius 1 is 1.07 bits per heavy atom. The quantitative estimate of drug-likeness (QED) is 0.391. The molecule has 0 spiro atoms. The van der Waals surface area contributed by atoms with Crippen molar-refractivity contribution in [1.82, 2.24) is 14.5 Å². The number of rotatable bonds is 5. The van der Waals surface area contributed by atoms with Gasteiger partial charge in [0.2, 0.25) is 5.91 Å². The second-order valence-electron chi connectivity index (χ2n) is 6.85. The van der Waals surface area contributed by atoms with E-state index in [0.29, 0.717) is 21.7 Å². The number of anilines is 1. The Balaban J connectivity index is 1.74. The molecular formula is C23H20N4O2S. The minimum absolute atomic E-state index is 0.116. The van der Waals surface area contributed by atoms with Crippen LogP contribution >= 0.6 is 11.8 Å². The SMILES string of the molecule is Cc1cccc(-n2c(SCC(=O)Nc3cccnc3)nc3ccccc3c2=O)c1C. The lowest BCUT2D eigenvalue weighted by atomic mass is 10.1. The van der Waals surface area contributed by atoms with Gasteiger partial charge in [-0.3, -0.25) is 19.1 Å². The first-order valence-electron chi connectivity index (χ1n) is 9.45. The van der Waals surface area contributed by atoms with Crippen LogP contribution in [0.25, 0.3) is 16.6 Å².